The lowest BCUT2D eigenvalue weighted by Crippen LogP contribution is -2.51. The second kappa shape index (κ2) is 12.5. The van der Waals surface area contributed by atoms with Crippen molar-refractivity contribution in [1.29, 1.82) is 0 Å². The van der Waals surface area contributed by atoms with Crippen molar-refractivity contribution in [3.05, 3.63) is 69.7 Å². The minimum Gasteiger partial charge on any atom is -0.352 e. The molecule has 0 saturated heterocycles. The highest BCUT2D eigenvalue weighted by atomic mass is 35.5. The lowest BCUT2D eigenvalue weighted by atomic mass is 10.1. The number of nitrogens with zero attached hydrogens (tertiary/aromatic N) is 1. The molecule has 0 aromatic heterocycles. The molecule has 32 heavy (non-hydrogen) atoms. The smallest absolute Gasteiger partial charge is 0.242 e. The molecule has 4 nitrogen and oxygen atoms in total. The highest BCUT2D eigenvalue weighted by Crippen LogP contribution is 2.28. The number of rotatable bonds is 10. The van der Waals surface area contributed by atoms with Crippen LogP contribution in [0.3, 0.4) is 0 Å². The van der Waals surface area contributed by atoms with E-state index in [1.165, 1.54) is 11.8 Å². The van der Waals surface area contributed by atoms with E-state index in [1.54, 1.807) is 23.1 Å². The minimum atomic E-state index is -0.517. The Kier molecular flexibility index (Phi) is 9.76. The Bertz CT molecular complexity index is 884. The Labute approximate surface area is 205 Å². The highest BCUT2D eigenvalue weighted by molar-refractivity contribution is 7.99. The average molecular weight is 494 g/mol. The van der Waals surface area contributed by atoms with Crippen molar-refractivity contribution in [2.24, 2.45) is 0 Å². The van der Waals surface area contributed by atoms with Crippen molar-refractivity contribution in [2.45, 2.75) is 56.9 Å². The molecule has 2 aromatic carbocycles. The molecule has 0 aliphatic heterocycles. The molecule has 7 heteroatoms. The Balaban J connectivity index is 1.62. The van der Waals surface area contributed by atoms with Crippen LogP contribution in [0.5, 0.6) is 0 Å². The Hall–Kier alpha value is -1.69. The Morgan fingerprint density at radius 1 is 1.06 bits per heavy atom. The van der Waals surface area contributed by atoms with Crippen LogP contribution >= 0.6 is 35.0 Å². The van der Waals surface area contributed by atoms with Crippen molar-refractivity contribution in [3.8, 4) is 0 Å². The monoisotopic (exact) mass is 492 g/mol. The van der Waals surface area contributed by atoms with Crippen LogP contribution in [0.25, 0.3) is 0 Å². The molecule has 1 N–H and O–H groups in total. The van der Waals surface area contributed by atoms with Gasteiger partial charge in [-0.05, 0) is 49.4 Å². The fraction of sp³-hybridized carbons (Fsp3) is 0.440. The SMILES string of the molecule is C[C@@H](C(=O)NC1CCCC1)N(CCc1ccccc1)C(=O)CSCc1c(Cl)cccc1Cl. The number of hydrogen-bond donors (Lipinski definition) is 1. The van der Waals surface area contributed by atoms with Gasteiger partial charge in [-0.25, -0.2) is 0 Å². The topological polar surface area (TPSA) is 49.4 Å². The molecule has 0 unspecified atom stereocenters. The number of nitrogens with one attached hydrogen (secondary N) is 1. The van der Waals surface area contributed by atoms with E-state index in [0.29, 0.717) is 28.8 Å². The van der Waals surface area contributed by atoms with Crippen molar-refractivity contribution in [2.75, 3.05) is 12.3 Å². The molecule has 1 fully saturated rings. The molecule has 3 rings (SSSR count). The van der Waals surface area contributed by atoms with Gasteiger partial charge in [0.2, 0.25) is 11.8 Å². The van der Waals surface area contributed by atoms with Crippen LogP contribution in [-0.4, -0.2) is 41.1 Å². The van der Waals surface area contributed by atoms with Gasteiger partial charge in [0.05, 0.1) is 5.75 Å². The van der Waals surface area contributed by atoms with Gasteiger partial charge in [0.15, 0.2) is 0 Å². The number of amides is 2. The van der Waals surface area contributed by atoms with Crippen LogP contribution in [0.4, 0.5) is 0 Å². The molecule has 0 spiro atoms. The molecule has 0 radical (unpaired) electrons. The first kappa shape index (κ1) is 24.9. The quantitative estimate of drug-likeness (QED) is 0.459. The second-order valence-corrected chi connectivity index (χ2v) is 9.98. The van der Waals surface area contributed by atoms with E-state index in [1.807, 2.05) is 37.3 Å². The molecule has 2 aromatic rings. The Morgan fingerprint density at radius 2 is 1.72 bits per heavy atom. The van der Waals surface area contributed by atoms with E-state index < -0.39 is 6.04 Å². The molecule has 172 valence electrons. The zero-order chi connectivity index (χ0) is 22.9. The van der Waals surface area contributed by atoms with E-state index in [0.717, 1.165) is 36.8 Å². The zero-order valence-corrected chi connectivity index (χ0v) is 20.7. The molecule has 1 saturated carbocycles. The maximum absolute atomic E-state index is 13.2. The number of carbonyl (C=O) groups excluding carboxylic acids is 2. The van der Waals surface area contributed by atoms with Gasteiger partial charge >= 0.3 is 0 Å². The van der Waals surface area contributed by atoms with E-state index in [4.69, 9.17) is 23.2 Å². The van der Waals surface area contributed by atoms with Gasteiger partial charge < -0.3 is 10.2 Å². The van der Waals surface area contributed by atoms with Crippen LogP contribution in [-0.2, 0) is 21.8 Å². The first-order valence-electron chi connectivity index (χ1n) is 11.1. The summed E-state index contributed by atoms with van der Waals surface area (Å²) in [6.45, 7) is 2.32. The lowest BCUT2D eigenvalue weighted by Gasteiger charge is -2.29. The third-order valence-electron chi connectivity index (χ3n) is 5.89. The first-order chi connectivity index (χ1) is 15.5. The highest BCUT2D eigenvalue weighted by Gasteiger charge is 2.28. The van der Waals surface area contributed by atoms with Gasteiger partial charge in [-0.1, -0.05) is 72.4 Å². The fourth-order valence-corrected chi connectivity index (χ4v) is 5.60. The summed E-state index contributed by atoms with van der Waals surface area (Å²) in [5.41, 5.74) is 1.97. The Morgan fingerprint density at radius 3 is 2.38 bits per heavy atom. The van der Waals surface area contributed by atoms with Gasteiger partial charge in [0.25, 0.3) is 0 Å². The average Bonchev–Trinajstić information content (AvgIpc) is 3.29. The van der Waals surface area contributed by atoms with E-state index in [2.05, 4.69) is 5.32 Å². The normalized spacial score (nSPS) is 14.8. The van der Waals surface area contributed by atoms with Gasteiger partial charge in [-0.15, -0.1) is 11.8 Å². The third-order valence-corrected chi connectivity index (χ3v) is 7.54. The molecular formula is C25H30Cl2N2O2S. The van der Waals surface area contributed by atoms with Crippen LogP contribution in [0.1, 0.15) is 43.7 Å². The second-order valence-electron chi connectivity index (χ2n) is 8.18. The van der Waals surface area contributed by atoms with Gasteiger partial charge in [0, 0.05) is 28.4 Å². The van der Waals surface area contributed by atoms with Crippen LogP contribution in [0, 0.1) is 0 Å². The maximum atomic E-state index is 13.2. The molecule has 2 amide bonds. The molecule has 1 atom stereocenters. The minimum absolute atomic E-state index is 0.0526. The van der Waals surface area contributed by atoms with Crippen molar-refractivity contribution in [3.63, 3.8) is 0 Å². The first-order valence-corrected chi connectivity index (χ1v) is 13.0. The summed E-state index contributed by atoms with van der Waals surface area (Å²) in [6.07, 6.45) is 5.04. The largest absolute Gasteiger partial charge is 0.352 e. The van der Waals surface area contributed by atoms with Crippen molar-refractivity contribution >= 4 is 46.8 Å². The van der Waals surface area contributed by atoms with Gasteiger partial charge in [-0.2, -0.15) is 0 Å². The van der Waals surface area contributed by atoms with Gasteiger partial charge in [-0.3, -0.25) is 9.59 Å². The molecule has 0 bridgehead atoms. The number of halogens is 2. The summed E-state index contributed by atoms with van der Waals surface area (Å²) in [5, 5.41) is 4.33. The predicted octanol–water partition coefficient (Wildman–Crippen LogP) is 5.75. The molecule has 1 aliphatic rings. The summed E-state index contributed by atoms with van der Waals surface area (Å²) < 4.78 is 0. The molecule has 1 aliphatic carbocycles. The number of hydrogen-bond acceptors (Lipinski definition) is 3. The van der Waals surface area contributed by atoms with Gasteiger partial charge in [0.1, 0.15) is 6.04 Å². The predicted molar refractivity (Wildman–Crippen MR) is 134 cm³/mol. The van der Waals surface area contributed by atoms with E-state index >= 15 is 0 Å². The fourth-order valence-electron chi connectivity index (χ4n) is 3.96. The lowest BCUT2D eigenvalue weighted by molar-refractivity contribution is -0.138. The summed E-state index contributed by atoms with van der Waals surface area (Å²) in [6, 6.07) is 15.1. The molecular weight excluding hydrogens is 463 g/mol. The van der Waals surface area contributed by atoms with E-state index in [-0.39, 0.29) is 23.6 Å². The summed E-state index contributed by atoms with van der Waals surface area (Å²) >= 11 is 14.0. The van der Waals surface area contributed by atoms with Crippen LogP contribution in [0.2, 0.25) is 10.0 Å². The zero-order valence-electron chi connectivity index (χ0n) is 18.4. The van der Waals surface area contributed by atoms with Crippen LogP contribution < -0.4 is 5.32 Å². The third kappa shape index (κ3) is 7.16. The summed E-state index contributed by atoms with van der Waals surface area (Å²) in [7, 11) is 0. The summed E-state index contributed by atoms with van der Waals surface area (Å²) in [5.74, 6) is 0.678. The number of benzene rings is 2. The number of thioether (sulfide) groups is 1. The van der Waals surface area contributed by atoms with Crippen molar-refractivity contribution < 1.29 is 9.59 Å². The standard InChI is InChI=1S/C25H30Cl2N2O2S/c1-18(25(31)28-20-10-5-6-11-20)29(15-14-19-8-3-2-4-9-19)24(30)17-32-16-21-22(26)12-7-13-23(21)27/h2-4,7-9,12-13,18,20H,5-6,10-11,14-17H2,1H3,(H,28,31)/t18-/m0/s1. The molecule has 0 heterocycles. The summed E-state index contributed by atoms with van der Waals surface area (Å²) in [4.78, 5) is 27.8. The van der Waals surface area contributed by atoms with Crippen LogP contribution in [0.15, 0.2) is 48.5 Å². The van der Waals surface area contributed by atoms with E-state index in [9.17, 15) is 9.59 Å². The maximum Gasteiger partial charge on any atom is 0.242 e. The number of carbonyl (C=O) groups is 2. The van der Waals surface area contributed by atoms with Crippen molar-refractivity contribution in [1.82, 2.24) is 10.2 Å².